The van der Waals surface area contributed by atoms with Crippen LogP contribution in [0, 0.1) is 5.92 Å². The van der Waals surface area contributed by atoms with Gasteiger partial charge < -0.3 is 0 Å². The number of allylic oxidation sites excluding steroid dienone is 5. The number of rotatable bonds is 6. The zero-order valence-electron chi connectivity index (χ0n) is 29.6. The van der Waals surface area contributed by atoms with Gasteiger partial charge >= 0.3 is 0 Å². The molecule has 10 rings (SSSR count). The summed E-state index contributed by atoms with van der Waals surface area (Å²) in [5, 5.41) is 2.37. The highest BCUT2D eigenvalue weighted by atomic mass is 14.9. The molecule has 0 amide bonds. The van der Waals surface area contributed by atoms with Gasteiger partial charge in [-0.1, -0.05) is 164 Å². The van der Waals surface area contributed by atoms with Crippen LogP contribution in [0.15, 0.2) is 181 Å². The summed E-state index contributed by atoms with van der Waals surface area (Å²) in [7, 11) is 0. The predicted octanol–water partition coefficient (Wildman–Crippen LogP) is 12.1. The van der Waals surface area contributed by atoms with Crippen molar-refractivity contribution in [3.05, 3.63) is 198 Å². The first kappa shape index (κ1) is 31.9. The Labute approximate surface area is 315 Å². The Balaban J connectivity index is 0.991. The first-order valence-corrected chi connectivity index (χ1v) is 18.7. The minimum Gasteiger partial charge on any atom is -0.282 e. The molecule has 2 aliphatic carbocycles. The molecule has 0 fully saturated rings. The van der Waals surface area contributed by atoms with E-state index in [1.54, 1.807) is 0 Å². The zero-order chi connectivity index (χ0) is 35.8. The topological polar surface area (TPSA) is 51.0 Å². The van der Waals surface area contributed by atoms with Crippen molar-refractivity contribution in [1.29, 1.82) is 0 Å². The molecule has 1 aliphatic heterocycles. The highest BCUT2D eigenvalue weighted by molar-refractivity contribution is 6.04. The monoisotopic (exact) mass is 692 g/mol. The number of fused-ring (bicyclic) bond motifs is 4. The van der Waals surface area contributed by atoms with Crippen LogP contribution in [0.3, 0.4) is 0 Å². The van der Waals surface area contributed by atoms with E-state index in [4.69, 9.17) is 19.9 Å². The molecule has 4 heteroatoms. The Morgan fingerprint density at radius 1 is 0.519 bits per heavy atom. The molecular formula is C50H36N4. The average molecular weight is 693 g/mol. The smallest absolute Gasteiger partial charge is 0.160 e. The highest BCUT2D eigenvalue weighted by Gasteiger charge is 2.27. The van der Waals surface area contributed by atoms with Gasteiger partial charge in [-0.3, -0.25) is 4.99 Å². The van der Waals surface area contributed by atoms with E-state index in [0.29, 0.717) is 5.92 Å². The van der Waals surface area contributed by atoms with Crippen molar-refractivity contribution in [2.24, 2.45) is 10.9 Å². The van der Waals surface area contributed by atoms with Crippen molar-refractivity contribution >= 4 is 28.6 Å². The normalized spacial score (nSPS) is 18.3. The van der Waals surface area contributed by atoms with Gasteiger partial charge in [0.1, 0.15) is 6.04 Å². The van der Waals surface area contributed by atoms with Crippen LogP contribution in [0.2, 0.25) is 0 Å². The van der Waals surface area contributed by atoms with Gasteiger partial charge in [-0.2, -0.15) is 0 Å². The van der Waals surface area contributed by atoms with E-state index in [9.17, 15) is 0 Å². The van der Waals surface area contributed by atoms with Gasteiger partial charge in [0.25, 0.3) is 0 Å². The lowest BCUT2D eigenvalue weighted by Gasteiger charge is -2.26. The molecule has 0 radical (unpaired) electrons. The second-order valence-electron chi connectivity index (χ2n) is 14.1. The minimum absolute atomic E-state index is 0.0246. The number of aromatic nitrogens is 3. The number of benzene rings is 5. The van der Waals surface area contributed by atoms with Crippen molar-refractivity contribution in [3.63, 3.8) is 0 Å². The molecule has 0 bridgehead atoms. The van der Waals surface area contributed by atoms with Crippen molar-refractivity contribution in [2.45, 2.75) is 18.4 Å². The van der Waals surface area contributed by atoms with Crippen LogP contribution in [0.1, 0.15) is 40.9 Å². The lowest BCUT2D eigenvalue weighted by atomic mass is 9.86. The summed E-state index contributed by atoms with van der Waals surface area (Å²) in [6, 6.07) is 49.3. The third kappa shape index (κ3) is 5.92. The fourth-order valence-electron chi connectivity index (χ4n) is 7.99. The summed E-state index contributed by atoms with van der Waals surface area (Å²) < 4.78 is 0. The molecule has 3 aliphatic rings. The molecule has 2 aromatic heterocycles. The van der Waals surface area contributed by atoms with Crippen molar-refractivity contribution in [2.75, 3.05) is 0 Å². The number of nitrogens with zero attached hydrogens (tertiary/aromatic N) is 4. The predicted molar refractivity (Wildman–Crippen MR) is 223 cm³/mol. The molecule has 7 aromatic rings. The molecule has 5 aromatic carbocycles. The lowest BCUT2D eigenvalue weighted by molar-refractivity contribution is 0.595. The van der Waals surface area contributed by atoms with Crippen molar-refractivity contribution in [3.8, 4) is 45.0 Å². The summed E-state index contributed by atoms with van der Waals surface area (Å²) in [5.74, 6) is 1.34. The third-order valence-corrected chi connectivity index (χ3v) is 10.8. The van der Waals surface area contributed by atoms with E-state index in [1.165, 1.54) is 21.9 Å². The molecule has 4 nitrogen and oxygen atoms in total. The Morgan fingerprint density at radius 2 is 1.24 bits per heavy atom. The summed E-state index contributed by atoms with van der Waals surface area (Å²) >= 11 is 0. The van der Waals surface area contributed by atoms with E-state index >= 15 is 0 Å². The maximum atomic E-state index is 5.23. The van der Waals surface area contributed by atoms with Crippen LogP contribution >= 0.6 is 0 Å². The standard InChI is InChI=1S/C50H36N4/c1-3-10-33(11-4-1)34-17-21-36(22-18-34)46-32-47(54-50(53-46)40-12-5-2-6-13-40)37-23-19-35(20-24-37)41-28-29-44(43-16-8-7-15-42(41)43)45-30-27-39-26-25-38-14-9-31-51-48(38)49(39)52-45/h1-17,19-32,34,38,48H,18H2. The fourth-order valence-corrected chi connectivity index (χ4v) is 7.99. The summed E-state index contributed by atoms with van der Waals surface area (Å²) in [4.78, 5) is 20.2. The maximum absolute atomic E-state index is 5.23. The summed E-state index contributed by atoms with van der Waals surface area (Å²) in [6.45, 7) is 0. The van der Waals surface area contributed by atoms with Gasteiger partial charge in [0.05, 0.1) is 22.8 Å². The van der Waals surface area contributed by atoms with E-state index in [-0.39, 0.29) is 12.0 Å². The number of pyridine rings is 1. The largest absolute Gasteiger partial charge is 0.282 e. The lowest BCUT2D eigenvalue weighted by Crippen LogP contribution is -2.16. The Hall–Kier alpha value is -6.78. The number of hydrogen-bond donors (Lipinski definition) is 0. The molecule has 0 spiro atoms. The van der Waals surface area contributed by atoms with Gasteiger partial charge in [-0.15, -0.1) is 0 Å². The van der Waals surface area contributed by atoms with Crippen LogP contribution in [-0.2, 0) is 0 Å². The van der Waals surface area contributed by atoms with Crippen LogP contribution in [0.5, 0.6) is 0 Å². The summed E-state index contributed by atoms with van der Waals surface area (Å²) in [5.41, 5.74) is 13.0. The third-order valence-electron chi connectivity index (χ3n) is 10.8. The Morgan fingerprint density at radius 3 is 2.04 bits per heavy atom. The zero-order valence-corrected chi connectivity index (χ0v) is 29.6. The van der Waals surface area contributed by atoms with Crippen LogP contribution in [-0.4, -0.2) is 21.2 Å². The van der Waals surface area contributed by atoms with E-state index in [2.05, 4.69) is 158 Å². The minimum atomic E-state index is 0.0246. The molecule has 3 unspecified atom stereocenters. The maximum Gasteiger partial charge on any atom is 0.160 e. The van der Waals surface area contributed by atoms with Gasteiger partial charge in [0.2, 0.25) is 0 Å². The van der Waals surface area contributed by atoms with Crippen LogP contribution in [0.4, 0.5) is 0 Å². The number of aliphatic imine (C=N–C) groups is 1. The fraction of sp³-hybridized carbons (Fsp3) is 0.0800. The van der Waals surface area contributed by atoms with Gasteiger partial charge in [0, 0.05) is 34.7 Å². The molecule has 3 heterocycles. The van der Waals surface area contributed by atoms with Crippen molar-refractivity contribution < 1.29 is 0 Å². The highest BCUT2D eigenvalue weighted by Crippen LogP contribution is 2.40. The van der Waals surface area contributed by atoms with Gasteiger partial charge in [-0.25, -0.2) is 15.0 Å². The number of dihydropyridines is 1. The second-order valence-corrected chi connectivity index (χ2v) is 14.1. The molecule has 0 saturated heterocycles. The van der Waals surface area contributed by atoms with Gasteiger partial charge in [-0.05, 0) is 63.2 Å². The molecule has 0 saturated carbocycles. The second kappa shape index (κ2) is 13.6. The molecular weight excluding hydrogens is 657 g/mol. The van der Waals surface area contributed by atoms with E-state index in [1.807, 2.05) is 30.5 Å². The van der Waals surface area contributed by atoms with E-state index in [0.717, 1.165) is 68.4 Å². The van der Waals surface area contributed by atoms with Crippen LogP contribution < -0.4 is 0 Å². The molecule has 256 valence electrons. The first-order valence-electron chi connectivity index (χ1n) is 18.7. The first-order chi connectivity index (χ1) is 26.7. The quantitative estimate of drug-likeness (QED) is 0.174. The van der Waals surface area contributed by atoms with Crippen LogP contribution in [0.25, 0.3) is 67.5 Å². The van der Waals surface area contributed by atoms with Crippen molar-refractivity contribution in [1.82, 2.24) is 15.0 Å². The Kier molecular flexibility index (Phi) is 8.07. The molecule has 54 heavy (non-hydrogen) atoms. The van der Waals surface area contributed by atoms with E-state index < -0.39 is 0 Å². The summed E-state index contributed by atoms with van der Waals surface area (Å²) in [6.07, 6.45) is 18.3. The van der Waals surface area contributed by atoms with Gasteiger partial charge in [0.15, 0.2) is 5.82 Å². The number of hydrogen-bond acceptors (Lipinski definition) is 4. The SMILES string of the molecule is C1=CC2C=Cc3ccc(-c4ccc(-c5ccc(-c6cc(C7=CCC(c8ccccc8)C=C7)nc(-c7ccccc7)n6)cc5)c5ccccc45)nc3C2N=C1. The average Bonchev–Trinajstić information content (AvgIpc) is 3.26. The molecule has 0 N–H and O–H groups in total. The molecule has 3 atom stereocenters. The Bertz CT molecular complexity index is 2680.